The smallest absolute Gasteiger partial charge is 0.410 e. The number of aromatic nitrogens is 1. The number of carbonyl (C=O) groups is 1. The zero-order chi connectivity index (χ0) is 16.7. The van der Waals surface area contributed by atoms with Crippen LogP contribution < -0.4 is 9.64 Å². The Morgan fingerprint density at radius 1 is 1.12 bits per heavy atom. The molecule has 1 fully saturated rings. The summed E-state index contributed by atoms with van der Waals surface area (Å²) < 4.78 is 6.26. The average Bonchev–Trinajstić information content (AvgIpc) is 2.62. The van der Waals surface area contributed by atoms with E-state index in [1.807, 2.05) is 18.2 Å². The molecule has 0 saturated heterocycles. The second kappa shape index (κ2) is 6.20. The summed E-state index contributed by atoms with van der Waals surface area (Å²) in [7, 11) is 1.66. The molecule has 1 aromatic carbocycles. The van der Waals surface area contributed by atoms with Crippen molar-refractivity contribution in [3.05, 3.63) is 52.1 Å². The lowest BCUT2D eigenvalue weighted by atomic mass is 9.67. The van der Waals surface area contributed by atoms with Crippen molar-refractivity contribution in [3.8, 4) is 5.75 Å². The van der Waals surface area contributed by atoms with Gasteiger partial charge in [-0.2, -0.15) is 0 Å². The van der Waals surface area contributed by atoms with Gasteiger partial charge in [0.05, 0.1) is 0 Å². The van der Waals surface area contributed by atoms with Gasteiger partial charge in [-0.25, -0.2) is 9.78 Å². The molecule has 1 saturated carbocycles. The van der Waals surface area contributed by atoms with E-state index in [-0.39, 0.29) is 0 Å². The maximum absolute atomic E-state index is 12.4. The number of rotatable bonds is 2. The van der Waals surface area contributed by atoms with Gasteiger partial charge in [-0.1, -0.05) is 12.1 Å². The number of fused-ring (bicyclic) bond motifs is 2. The van der Waals surface area contributed by atoms with E-state index in [4.69, 9.17) is 4.74 Å². The molecule has 124 valence electrons. The highest BCUT2D eigenvalue weighted by atomic mass is 79.9. The van der Waals surface area contributed by atoms with Crippen molar-refractivity contribution in [2.75, 3.05) is 11.9 Å². The first-order valence-corrected chi connectivity index (χ1v) is 9.13. The molecule has 0 aliphatic heterocycles. The molecule has 0 radical (unpaired) electrons. The van der Waals surface area contributed by atoms with E-state index < -0.39 is 6.09 Å². The summed E-state index contributed by atoms with van der Waals surface area (Å²) in [4.78, 5) is 18.1. The normalized spacial score (nSPS) is 21.2. The summed E-state index contributed by atoms with van der Waals surface area (Å²) in [6.45, 7) is 0. The van der Waals surface area contributed by atoms with E-state index in [1.54, 1.807) is 13.1 Å². The maximum Gasteiger partial charge on any atom is 0.420 e. The van der Waals surface area contributed by atoms with Crippen LogP contribution in [0.15, 0.2) is 41.0 Å². The van der Waals surface area contributed by atoms with Crippen LogP contribution in [0.2, 0.25) is 0 Å². The monoisotopic (exact) mass is 386 g/mol. The van der Waals surface area contributed by atoms with Crippen molar-refractivity contribution in [2.24, 2.45) is 0 Å². The minimum atomic E-state index is -0.429. The Hall–Kier alpha value is -1.88. The van der Waals surface area contributed by atoms with E-state index in [1.165, 1.54) is 41.7 Å². The van der Waals surface area contributed by atoms with Gasteiger partial charge in [0.25, 0.3) is 0 Å². The Labute approximate surface area is 150 Å². The second-order valence-electron chi connectivity index (χ2n) is 6.58. The summed E-state index contributed by atoms with van der Waals surface area (Å²) >= 11 is 3.32. The molecule has 2 bridgehead atoms. The topological polar surface area (TPSA) is 42.4 Å². The number of ether oxygens (including phenoxy) is 1. The van der Waals surface area contributed by atoms with Crippen molar-refractivity contribution < 1.29 is 9.53 Å². The van der Waals surface area contributed by atoms with Crippen LogP contribution in [0.25, 0.3) is 0 Å². The quantitative estimate of drug-likeness (QED) is 0.663. The van der Waals surface area contributed by atoms with Gasteiger partial charge < -0.3 is 4.74 Å². The number of halogens is 1. The predicted octanol–water partition coefficient (Wildman–Crippen LogP) is 5.23. The highest BCUT2D eigenvalue weighted by Gasteiger charge is 2.33. The number of benzene rings is 1. The minimum Gasteiger partial charge on any atom is -0.410 e. The van der Waals surface area contributed by atoms with Crippen molar-refractivity contribution in [3.63, 3.8) is 0 Å². The highest BCUT2D eigenvalue weighted by Crippen LogP contribution is 2.50. The lowest BCUT2D eigenvalue weighted by Crippen LogP contribution is -2.30. The molecule has 5 heteroatoms. The zero-order valence-corrected chi connectivity index (χ0v) is 15.1. The number of pyridine rings is 1. The molecule has 2 aromatic rings. The third-order valence-electron chi connectivity index (χ3n) is 5.19. The van der Waals surface area contributed by atoms with Gasteiger partial charge in [-0.05, 0) is 88.8 Å². The molecule has 1 amide bonds. The lowest BCUT2D eigenvalue weighted by molar-refractivity contribution is 0.208. The fraction of sp³-hybridized carbons (Fsp3) is 0.368. The Morgan fingerprint density at radius 2 is 1.83 bits per heavy atom. The number of carbonyl (C=O) groups excluding carboxylic acids is 1. The molecule has 24 heavy (non-hydrogen) atoms. The zero-order valence-electron chi connectivity index (χ0n) is 13.5. The van der Waals surface area contributed by atoms with Crippen molar-refractivity contribution in [2.45, 2.75) is 37.5 Å². The Balaban J connectivity index is 1.53. The predicted molar refractivity (Wildman–Crippen MR) is 96.8 cm³/mol. The van der Waals surface area contributed by atoms with E-state index in [9.17, 15) is 4.79 Å². The number of hydrogen-bond acceptors (Lipinski definition) is 3. The van der Waals surface area contributed by atoms with E-state index >= 15 is 0 Å². The molecule has 5 rings (SSSR count). The van der Waals surface area contributed by atoms with Crippen molar-refractivity contribution in [1.82, 2.24) is 4.98 Å². The molecular formula is C19H19BrN2O2. The highest BCUT2D eigenvalue weighted by molar-refractivity contribution is 9.10. The number of amides is 1. The first-order valence-electron chi connectivity index (χ1n) is 8.34. The Morgan fingerprint density at radius 3 is 2.54 bits per heavy atom. The molecule has 3 aliphatic rings. The van der Waals surface area contributed by atoms with Gasteiger partial charge >= 0.3 is 6.09 Å². The van der Waals surface area contributed by atoms with Crippen LogP contribution in [-0.4, -0.2) is 18.1 Å². The Bertz CT molecular complexity index is 785. The van der Waals surface area contributed by atoms with Crippen LogP contribution >= 0.6 is 15.9 Å². The van der Waals surface area contributed by atoms with E-state index in [2.05, 4.69) is 33.0 Å². The van der Waals surface area contributed by atoms with Gasteiger partial charge in [-0.3, -0.25) is 4.90 Å². The molecule has 0 N–H and O–H groups in total. The van der Waals surface area contributed by atoms with Gasteiger partial charge in [0, 0.05) is 7.05 Å². The average molecular weight is 387 g/mol. The summed E-state index contributed by atoms with van der Waals surface area (Å²) in [6, 6.07) is 11.6. The first kappa shape index (κ1) is 15.6. The van der Waals surface area contributed by atoms with Crippen molar-refractivity contribution >= 4 is 27.8 Å². The molecular weight excluding hydrogens is 368 g/mol. The number of nitrogens with zero attached hydrogens (tertiary/aromatic N) is 2. The standard InChI is InChI=1S/C19H19BrN2O2/c1-22(18-4-2-3-17(20)21-18)19(23)24-14-9-10-15-12-5-7-13(8-6-12)16(15)11-14/h2-4,9-13H,5-8H2,1H3. The fourth-order valence-corrected chi connectivity index (χ4v) is 4.24. The second-order valence-corrected chi connectivity index (χ2v) is 7.40. The van der Waals surface area contributed by atoms with Gasteiger partial charge in [0.2, 0.25) is 0 Å². The summed E-state index contributed by atoms with van der Waals surface area (Å²) in [5.41, 5.74) is 2.84. The SMILES string of the molecule is CN(C(=O)Oc1ccc2c(c1)C1CCC2CC1)c1cccc(Br)n1. The number of hydrogen-bond donors (Lipinski definition) is 0. The molecule has 1 heterocycles. The van der Waals surface area contributed by atoms with Crippen LogP contribution in [0.3, 0.4) is 0 Å². The third kappa shape index (κ3) is 2.81. The molecule has 0 unspecified atom stereocenters. The molecule has 0 spiro atoms. The largest absolute Gasteiger partial charge is 0.420 e. The summed E-state index contributed by atoms with van der Waals surface area (Å²) in [6.07, 6.45) is 4.69. The molecule has 1 aromatic heterocycles. The van der Waals surface area contributed by atoms with E-state index in [0.29, 0.717) is 28.0 Å². The van der Waals surface area contributed by atoms with Crippen LogP contribution in [0.5, 0.6) is 5.75 Å². The fourth-order valence-electron chi connectivity index (χ4n) is 3.90. The van der Waals surface area contributed by atoms with E-state index in [0.717, 1.165) is 0 Å². The van der Waals surface area contributed by atoms with Gasteiger partial charge in [-0.15, -0.1) is 0 Å². The lowest BCUT2D eigenvalue weighted by Gasteiger charge is -2.38. The van der Waals surface area contributed by atoms with Crippen LogP contribution in [0.1, 0.15) is 48.6 Å². The van der Waals surface area contributed by atoms with Crippen molar-refractivity contribution in [1.29, 1.82) is 0 Å². The summed E-state index contributed by atoms with van der Waals surface area (Å²) in [5.74, 6) is 2.50. The van der Waals surface area contributed by atoms with Crippen LogP contribution in [0, 0.1) is 0 Å². The van der Waals surface area contributed by atoms with Gasteiger partial charge in [0.15, 0.2) is 0 Å². The van der Waals surface area contributed by atoms with Crippen LogP contribution in [0.4, 0.5) is 10.6 Å². The number of anilines is 1. The third-order valence-corrected chi connectivity index (χ3v) is 5.63. The minimum absolute atomic E-state index is 0.429. The Kier molecular flexibility index (Phi) is 4.04. The maximum atomic E-state index is 12.4. The van der Waals surface area contributed by atoms with Crippen LogP contribution in [-0.2, 0) is 0 Å². The molecule has 3 aliphatic carbocycles. The summed E-state index contributed by atoms with van der Waals surface area (Å²) in [5, 5.41) is 0. The van der Waals surface area contributed by atoms with Gasteiger partial charge in [0.1, 0.15) is 16.2 Å². The molecule has 4 nitrogen and oxygen atoms in total. The molecule has 0 atom stereocenters. The first-order chi connectivity index (χ1) is 11.6.